The van der Waals surface area contributed by atoms with Crippen LogP contribution in [0.15, 0.2) is 109 Å². The van der Waals surface area contributed by atoms with Gasteiger partial charge in [-0.05, 0) is 46.2 Å². The molecule has 4 aromatic carbocycles. The van der Waals surface area contributed by atoms with Crippen molar-refractivity contribution < 1.29 is 14.3 Å². The van der Waals surface area contributed by atoms with Crippen molar-refractivity contribution in [1.29, 1.82) is 0 Å². The minimum atomic E-state index is -0.605. The monoisotopic (exact) mass is 596 g/mol. The Morgan fingerprint density at radius 3 is 2.02 bits per heavy atom. The molecule has 0 aromatic heterocycles. The number of β-lactam (4-membered cyclic amide) rings is 2. The summed E-state index contributed by atoms with van der Waals surface area (Å²) in [7, 11) is 0. The summed E-state index contributed by atoms with van der Waals surface area (Å²) in [6.45, 7) is 11.1. The van der Waals surface area contributed by atoms with E-state index in [2.05, 4.69) is 98.2 Å². The lowest BCUT2D eigenvalue weighted by Crippen LogP contribution is -2.83. The van der Waals surface area contributed by atoms with Crippen LogP contribution in [0.3, 0.4) is 0 Å². The summed E-state index contributed by atoms with van der Waals surface area (Å²) in [4.78, 5) is 32.0. The molecule has 5 nitrogen and oxygen atoms in total. The van der Waals surface area contributed by atoms with E-state index in [1.165, 1.54) is 11.1 Å². The number of carbonyl (C=O) groups excluding carboxylic acids is 2. The highest BCUT2D eigenvalue weighted by Crippen LogP contribution is 2.69. The van der Waals surface area contributed by atoms with Gasteiger partial charge in [-0.15, -0.1) is 0 Å². The molecule has 2 fully saturated rings. The molecule has 45 heavy (non-hydrogen) atoms. The van der Waals surface area contributed by atoms with Crippen LogP contribution in [0.25, 0.3) is 0 Å². The van der Waals surface area contributed by atoms with E-state index in [1.807, 2.05) is 48.5 Å². The van der Waals surface area contributed by atoms with Crippen LogP contribution in [0.5, 0.6) is 0 Å². The molecule has 0 radical (unpaired) electrons. The summed E-state index contributed by atoms with van der Waals surface area (Å²) in [5.41, 5.74) is 5.18. The van der Waals surface area contributed by atoms with Crippen LogP contribution >= 0.6 is 0 Å². The SMILES string of the molecule is CC(COCC(C)(C)CN1C(=O)C2(c3ccccc3)c3ccccc3[C@@H]12)CN1C(=O)C2(c3ccccc3)c3ccccc3[C@]12C. The molecular formula is C40H40N2O3. The number of amides is 2. The summed E-state index contributed by atoms with van der Waals surface area (Å²) < 4.78 is 6.35. The zero-order valence-electron chi connectivity index (χ0n) is 26.5. The van der Waals surface area contributed by atoms with Gasteiger partial charge in [0.2, 0.25) is 11.8 Å². The van der Waals surface area contributed by atoms with Crippen LogP contribution in [0.1, 0.15) is 67.1 Å². The molecule has 5 atom stereocenters. The van der Waals surface area contributed by atoms with Crippen LogP contribution in [0.2, 0.25) is 0 Å². The van der Waals surface area contributed by atoms with E-state index in [1.54, 1.807) is 0 Å². The van der Waals surface area contributed by atoms with Crippen molar-refractivity contribution in [3.05, 3.63) is 143 Å². The van der Waals surface area contributed by atoms with Gasteiger partial charge in [-0.3, -0.25) is 9.59 Å². The van der Waals surface area contributed by atoms with Crippen molar-refractivity contribution in [2.75, 3.05) is 26.3 Å². The van der Waals surface area contributed by atoms with Crippen LogP contribution < -0.4 is 0 Å². The van der Waals surface area contributed by atoms with E-state index in [9.17, 15) is 9.59 Å². The third kappa shape index (κ3) is 3.42. The van der Waals surface area contributed by atoms with Gasteiger partial charge < -0.3 is 14.5 Å². The molecule has 0 saturated carbocycles. The third-order valence-electron chi connectivity index (χ3n) is 11.1. The highest BCUT2D eigenvalue weighted by atomic mass is 16.5. The first-order valence-electron chi connectivity index (χ1n) is 16.2. The first-order valence-corrected chi connectivity index (χ1v) is 16.2. The number of nitrogens with zero attached hydrogens (tertiary/aromatic N) is 2. The zero-order valence-corrected chi connectivity index (χ0v) is 26.5. The Bertz CT molecular complexity index is 1820. The summed E-state index contributed by atoms with van der Waals surface area (Å²) in [5, 5.41) is 0. The molecule has 0 N–H and O–H groups in total. The first kappa shape index (κ1) is 28.3. The third-order valence-corrected chi connectivity index (χ3v) is 11.1. The van der Waals surface area contributed by atoms with Crippen LogP contribution in [-0.4, -0.2) is 47.9 Å². The number of hydrogen-bond donors (Lipinski definition) is 0. The molecular weight excluding hydrogens is 556 g/mol. The minimum absolute atomic E-state index is 0.0650. The van der Waals surface area contributed by atoms with Crippen LogP contribution in [0, 0.1) is 11.3 Å². The zero-order chi connectivity index (χ0) is 31.2. The number of hydrogen-bond acceptors (Lipinski definition) is 3. The van der Waals surface area contributed by atoms with Crippen molar-refractivity contribution in [2.45, 2.75) is 50.1 Å². The Balaban J connectivity index is 0.926. The molecule has 0 bridgehead atoms. The standard InChI is InChI=1S/C40H40N2O3/c1-27(23-42-36(44)40(29-17-9-6-10-18-29)33-22-14-13-21-32(33)38(40,42)4)24-45-26-37(2,3)25-41-34-30-19-11-12-20-31(30)39(34,35(41)43)28-15-7-5-8-16-28/h5-22,27,34H,23-26H2,1-4H3/t27?,34-,38+,39?,40?/m1/s1. The molecule has 228 valence electrons. The normalized spacial score (nSPS) is 28.0. The molecule has 3 unspecified atom stereocenters. The smallest absolute Gasteiger partial charge is 0.241 e. The second-order valence-electron chi connectivity index (χ2n) is 14.5. The molecule has 2 amide bonds. The number of fused-ring (bicyclic) bond motifs is 8. The predicted molar refractivity (Wildman–Crippen MR) is 175 cm³/mol. The van der Waals surface area contributed by atoms with E-state index in [0.717, 1.165) is 22.3 Å². The Morgan fingerprint density at radius 1 is 0.756 bits per heavy atom. The molecule has 5 heteroatoms. The second kappa shape index (κ2) is 9.64. The predicted octanol–water partition coefficient (Wildman–Crippen LogP) is 6.61. The van der Waals surface area contributed by atoms with E-state index in [-0.39, 0.29) is 34.7 Å². The average Bonchev–Trinajstić information content (AvgIpc) is 3.04. The van der Waals surface area contributed by atoms with Gasteiger partial charge in [0.25, 0.3) is 0 Å². The number of carbonyl (C=O) groups is 2. The van der Waals surface area contributed by atoms with Crippen molar-refractivity contribution in [1.82, 2.24) is 9.80 Å². The van der Waals surface area contributed by atoms with Gasteiger partial charge in [0.15, 0.2) is 0 Å². The maximum Gasteiger partial charge on any atom is 0.241 e. The number of ether oxygens (including phenoxy) is 1. The van der Waals surface area contributed by atoms with E-state index >= 15 is 0 Å². The number of likely N-dealkylation sites (tertiary alicyclic amines) is 2. The summed E-state index contributed by atoms with van der Waals surface area (Å²) >= 11 is 0. The van der Waals surface area contributed by atoms with Crippen molar-refractivity contribution in [2.24, 2.45) is 11.3 Å². The molecule has 4 aromatic rings. The lowest BCUT2D eigenvalue weighted by Gasteiger charge is -2.71. The van der Waals surface area contributed by atoms with Gasteiger partial charge in [0.05, 0.1) is 24.8 Å². The quantitative estimate of drug-likeness (QED) is 0.194. The molecule has 4 aliphatic rings. The Kier molecular flexibility index (Phi) is 6.06. The molecule has 2 heterocycles. The average molecular weight is 597 g/mol. The molecule has 2 saturated heterocycles. The molecule has 2 aliphatic carbocycles. The molecule has 0 spiro atoms. The Morgan fingerprint density at radius 2 is 1.33 bits per heavy atom. The molecule has 8 rings (SSSR count). The van der Waals surface area contributed by atoms with E-state index < -0.39 is 10.8 Å². The van der Waals surface area contributed by atoms with E-state index in [0.29, 0.717) is 26.3 Å². The fourth-order valence-electron chi connectivity index (χ4n) is 9.19. The van der Waals surface area contributed by atoms with E-state index in [4.69, 9.17) is 4.74 Å². The Labute approximate surface area is 265 Å². The van der Waals surface area contributed by atoms with Crippen LogP contribution in [-0.2, 0) is 30.7 Å². The summed E-state index contributed by atoms with van der Waals surface area (Å²) in [6, 6.07) is 37.3. The van der Waals surface area contributed by atoms with Crippen LogP contribution in [0.4, 0.5) is 0 Å². The van der Waals surface area contributed by atoms with Gasteiger partial charge >= 0.3 is 0 Å². The second-order valence-corrected chi connectivity index (χ2v) is 14.5. The Hall–Kier alpha value is -4.22. The van der Waals surface area contributed by atoms with Crippen molar-refractivity contribution in [3.8, 4) is 0 Å². The highest BCUT2D eigenvalue weighted by Gasteiger charge is 2.78. The van der Waals surface area contributed by atoms with Gasteiger partial charge in [-0.2, -0.15) is 0 Å². The summed E-state index contributed by atoms with van der Waals surface area (Å²) in [5.74, 6) is 0.533. The number of benzene rings is 4. The fraction of sp³-hybridized carbons (Fsp3) is 0.350. The van der Waals surface area contributed by atoms with Gasteiger partial charge in [-0.25, -0.2) is 0 Å². The van der Waals surface area contributed by atoms with Gasteiger partial charge in [0, 0.05) is 18.5 Å². The lowest BCUT2D eigenvalue weighted by atomic mass is 9.42. The van der Waals surface area contributed by atoms with Gasteiger partial charge in [-0.1, -0.05) is 130 Å². The lowest BCUT2D eigenvalue weighted by molar-refractivity contribution is -0.182. The number of rotatable bonds is 10. The highest BCUT2D eigenvalue weighted by molar-refractivity contribution is 6.06. The maximum absolute atomic E-state index is 14.0. The van der Waals surface area contributed by atoms with Crippen molar-refractivity contribution in [3.63, 3.8) is 0 Å². The maximum atomic E-state index is 14.0. The minimum Gasteiger partial charge on any atom is -0.380 e. The molecule has 2 aliphatic heterocycles. The summed E-state index contributed by atoms with van der Waals surface area (Å²) in [6.07, 6.45) is 0. The largest absolute Gasteiger partial charge is 0.380 e. The fourth-order valence-corrected chi connectivity index (χ4v) is 9.19. The first-order chi connectivity index (χ1) is 21.7. The topological polar surface area (TPSA) is 49.9 Å². The van der Waals surface area contributed by atoms with Gasteiger partial charge in [0.1, 0.15) is 10.8 Å². The van der Waals surface area contributed by atoms with Crippen molar-refractivity contribution >= 4 is 11.8 Å².